The van der Waals surface area contributed by atoms with Gasteiger partial charge in [0.1, 0.15) is 11.6 Å². The van der Waals surface area contributed by atoms with Gasteiger partial charge in [0, 0.05) is 0 Å². The normalized spacial score (nSPS) is 13.1. The van der Waals surface area contributed by atoms with Gasteiger partial charge in [-0.05, 0) is 27.2 Å². The number of esters is 1. The first-order valence-corrected chi connectivity index (χ1v) is 11.4. The summed E-state index contributed by atoms with van der Waals surface area (Å²) in [7, 11) is -0.373. The summed E-state index contributed by atoms with van der Waals surface area (Å²) >= 11 is 0. The van der Waals surface area contributed by atoms with E-state index in [1.165, 1.54) is 12.3 Å². The third-order valence-electron chi connectivity index (χ3n) is 3.79. The second-order valence-corrected chi connectivity index (χ2v) is 12.4. The van der Waals surface area contributed by atoms with Crippen LogP contribution in [0.25, 0.3) is 0 Å². The van der Waals surface area contributed by atoms with Crippen molar-refractivity contribution in [3.8, 4) is 0 Å². The summed E-state index contributed by atoms with van der Waals surface area (Å²) in [6.45, 7) is 9.86. The van der Waals surface area contributed by atoms with Crippen LogP contribution < -0.4 is 10.5 Å². The minimum absolute atomic E-state index is 0.446. The molecule has 1 amide bonds. The standard InChI is InChI=1S/C18H29NO4Si/c1-18(2,3)23-17(21)19-15(16(20)22-4)12-13-24(5,6)14-10-8-7-9-11-14/h7-11,15H,12-13H2,1-6H3,(H,19,21)/t15-/m1/s1. The van der Waals surface area contributed by atoms with E-state index in [1.54, 1.807) is 20.8 Å². The van der Waals surface area contributed by atoms with E-state index >= 15 is 0 Å². The van der Waals surface area contributed by atoms with Crippen molar-refractivity contribution in [3.05, 3.63) is 30.3 Å². The molecule has 0 aromatic heterocycles. The van der Waals surface area contributed by atoms with Crippen molar-refractivity contribution in [2.24, 2.45) is 0 Å². The van der Waals surface area contributed by atoms with Crippen LogP contribution in [0.15, 0.2) is 30.3 Å². The summed E-state index contributed by atoms with van der Waals surface area (Å²) < 4.78 is 10.1. The molecule has 24 heavy (non-hydrogen) atoms. The van der Waals surface area contributed by atoms with Crippen molar-refractivity contribution in [2.45, 2.75) is 58.0 Å². The van der Waals surface area contributed by atoms with E-state index in [0.717, 1.165) is 6.04 Å². The first-order chi connectivity index (χ1) is 11.0. The van der Waals surface area contributed by atoms with E-state index in [0.29, 0.717) is 6.42 Å². The molecule has 0 aliphatic carbocycles. The Bertz CT molecular complexity index is 552. The molecule has 0 heterocycles. The predicted molar refractivity (Wildman–Crippen MR) is 98.2 cm³/mol. The smallest absolute Gasteiger partial charge is 0.408 e. The lowest BCUT2D eigenvalue weighted by atomic mass is 10.2. The van der Waals surface area contributed by atoms with Crippen LogP contribution in [0, 0.1) is 0 Å². The third-order valence-corrected chi connectivity index (χ3v) is 7.22. The van der Waals surface area contributed by atoms with Gasteiger partial charge in [-0.1, -0.05) is 54.7 Å². The maximum absolute atomic E-state index is 12.0. The number of ether oxygens (including phenoxy) is 2. The predicted octanol–water partition coefficient (Wildman–Crippen LogP) is 3.06. The zero-order valence-corrected chi connectivity index (χ0v) is 16.5. The van der Waals surface area contributed by atoms with Crippen molar-refractivity contribution in [3.63, 3.8) is 0 Å². The summed E-state index contributed by atoms with van der Waals surface area (Å²) in [5.41, 5.74) is -0.608. The number of rotatable bonds is 6. The van der Waals surface area contributed by atoms with E-state index in [1.807, 2.05) is 18.2 Å². The SMILES string of the molecule is COC(=O)[C@@H](CC[Si](C)(C)c1ccccc1)NC(=O)OC(C)(C)C. The minimum atomic E-state index is -1.70. The Morgan fingerprint density at radius 1 is 1.17 bits per heavy atom. The van der Waals surface area contributed by atoms with Crippen LogP contribution in [0.2, 0.25) is 19.1 Å². The van der Waals surface area contributed by atoms with Gasteiger partial charge in [0.2, 0.25) is 0 Å². The summed E-state index contributed by atoms with van der Waals surface area (Å²) in [5, 5.41) is 3.96. The van der Waals surface area contributed by atoms with E-state index in [2.05, 4.69) is 30.5 Å². The van der Waals surface area contributed by atoms with Crippen LogP contribution in [0.3, 0.4) is 0 Å². The van der Waals surface area contributed by atoms with E-state index < -0.39 is 31.8 Å². The highest BCUT2D eigenvalue weighted by Gasteiger charge is 2.29. The Hall–Kier alpha value is -1.82. The second kappa shape index (κ2) is 8.33. The fourth-order valence-corrected chi connectivity index (χ4v) is 4.77. The molecule has 1 N–H and O–H groups in total. The highest BCUT2D eigenvalue weighted by Crippen LogP contribution is 2.15. The summed E-state index contributed by atoms with van der Waals surface area (Å²) in [6.07, 6.45) is -0.0721. The fourth-order valence-electron chi connectivity index (χ4n) is 2.38. The average Bonchev–Trinajstić information content (AvgIpc) is 2.49. The third kappa shape index (κ3) is 6.74. The number of alkyl carbamates (subject to hydrolysis) is 1. The molecule has 134 valence electrons. The van der Waals surface area contributed by atoms with Gasteiger partial charge in [-0.15, -0.1) is 0 Å². The van der Waals surface area contributed by atoms with Gasteiger partial charge in [0.05, 0.1) is 15.2 Å². The number of benzene rings is 1. The Labute approximate surface area is 145 Å². The molecular formula is C18H29NO4Si. The van der Waals surface area contributed by atoms with Crippen LogP contribution >= 0.6 is 0 Å². The maximum atomic E-state index is 12.0. The van der Waals surface area contributed by atoms with Crippen LogP contribution in [0.5, 0.6) is 0 Å². The second-order valence-electron chi connectivity index (χ2n) is 7.51. The number of hydrogen-bond acceptors (Lipinski definition) is 4. The van der Waals surface area contributed by atoms with Crippen molar-refractivity contribution in [1.29, 1.82) is 0 Å². The molecule has 1 aromatic carbocycles. The highest BCUT2D eigenvalue weighted by molar-refractivity contribution is 6.89. The first-order valence-electron chi connectivity index (χ1n) is 8.18. The number of carbonyl (C=O) groups is 2. The molecule has 0 bridgehead atoms. The number of carbonyl (C=O) groups excluding carboxylic acids is 2. The Morgan fingerprint density at radius 2 is 1.75 bits per heavy atom. The molecule has 0 aliphatic heterocycles. The molecule has 0 unspecified atom stereocenters. The van der Waals surface area contributed by atoms with Crippen molar-refractivity contribution >= 4 is 25.3 Å². The number of nitrogens with one attached hydrogen (secondary N) is 1. The molecule has 1 atom stereocenters. The van der Waals surface area contributed by atoms with Gasteiger partial charge in [-0.25, -0.2) is 9.59 Å². The summed E-state index contributed by atoms with van der Waals surface area (Å²) in [6, 6.07) is 10.5. The topological polar surface area (TPSA) is 64.6 Å². The van der Waals surface area contributed by atoms with Gasteiger partial charge in [0.15, 0.2) is 0 Å². The summed E-state index contributed by atoms with van der Waals surface area (Å²) in [4.78, 5) is 23.9. The molecule has 0 saturated carbocycles. The Kier molecular flexibility index (Phi) is 7.02. The Morgan fingerprint density at radius 3 is 2.25 bits per heavy atom. The molecule has 0 radical (unpaired) electrons. The van der Waals surface area contributed by atoms with E-state index in [-0.39, 0.29) is 0 Å². The highest BCUT2D eigenvalue weighted by atomic mass is 28.3. The number of hydrogen-bond donors (Lipinski definition) is 1. The molecule has 0 aliphatic rings. The molecular weight excluding hydrogens is 322 g/mol. The molecule has 5 nitrogen and oxygen atoms in total. The van der Waals surface area contributed by atoms with Crippen molar-refractivity contribution < 1.29 is 19.1 Å². The monoisotopic (exact) mass is 351 g/mol. The molecule has 1 aromatic rings. The summed E-state index contributed by atoms with van der Waals surface area (Å²) in [5.74, 6) is -0.446. The van der Waals surface area contributed by atoms with Crippen LogP contribution in [-0.4, -0.2) is 38.9 Å². The van der Waals surface area contributed by atoms with E-state index in [4.69, 9.17) is 9.47 Å². The fraction of sp³-hybridized carbons (Fsp3) is 0.556. The lowest BCUT2D eigenvalue weighted by molar-refractivity contribution is -0.143. The van der Waals surface area contributed by atoms with Gasteiger partial charge in [0.25, 0.3) is 0 Å². The van der Waals surface area contributed by atoms with Gasteiger partial charge in [-0.2, -0.15) is 0 Å². The first kappa shape index (κ1) is 20.2. The lowest BCUT2D eigenvalue weighted by Gasteiger charge is -2.26. The lowest BCUT2D eigenvalue weighted by Crippen LogP contribution is -2.47. The number of amides is 1. The molecule has 6 heteroatoms. The number of methoxy groups -OCH3 is 1. The van der Waals surface area contributed by atoms with Gasteiger partial charge in [-0.3, -0.25) is 0 Å². The molecule has 1 rings (SSSR count). The quantitative estimate of drug-likeness (QED) is 0.632. The van der Waals surface area contributed by atoms with Crippen molar-refractivity contribution in [2.75, 3.05) is 7.11 Å². The van der Waals surface area contributed by atoms with Gasteiger partial charge >= 0.3 is 12.1 Å². The Balaban J connectivity index is 2.73. The van der Waals surface area contributed by atoms with Crippen molar-refractivity contribution in [1.82, 2.24) is 5.32 Å². The largest absolute Gasteiger partial charge is 0.467 e. The van der Waals surface area contributed by atoms with Gasteiger partial charge < -0.3 is 14.8 Å². The molecule has 0 saturated heterocycles. The molecule has 0 fully saturated rings. The van der Waals surface area contributed by atoms with Crippen LogP contribution in [-0.2, 0) is 14.3 Å². The zero-order chi connectivity index (χ0) is 18.4. The molecule has 0 spiro atoms. The maximum Gasteiger partial charge on any atom is 0.408 e. The van der Waals surface area contributed by atoms with Crippen LogP contribution in [0.1, 0.15) is 27.2 Å². The zero-order valence-electron chi connectivity index (χ0n) is 15.5. The van der Waals surface area contributed by atoms with E-state index in [9.17, 15) is 9.59 Å². The van der Waals surface area contributed by atoms with Crippen LogP contribution in [0.4, 0.5) is 4.79 Å². The minimum Gasteiger partial charge on any atom is -0.467 e. The average molecular weight is 352 g/mol.